The summed E-state index contributed by atoms with van der Waals surface area (Å²) >= 11 is 0. The van der Waals surface area contributed by atoms with Crippen LogP contribution in [-0.4, -0.2) is 20.1 Å². The first-order chi connectivity index (χ1) is 9.15. The molecule has 1 aromatic carbocycles. The van der Waals surface area contributed by atoms with Gasteiger partial charge >= 0.3 is 0 Å². The van der Waals surface area contributed by atoms with Crippen molar-refractivity contribution in [3.8, 4) is 17.3 Å². The molecule has 2 heterocycles. The summed E-state index contributed by atoms with van der Waals surface area (Å²) in [7, 11) is 0. The monoisotopic (exact) mass is 253 g/mol. The lowest BCUT2D eigenvalue weighted by molar-refractivity contribution is 0.447. The van der Waals surface area contributed by atoms with E-state index in [-0.39, 0.29) is 17.0 Å². The zero-order valence-corrected chi connectivity index (χ0v) is 10.2. The van der Waals surface area contributed by atoms with E-state index in [0.717, 1.165) is 16.5 Å². The van der Waals surface area contributed by atoms with Crippen LogP contribution in [-0.2, 0) is 0 Å². The lowest BCUT2D eigenvalue weighted by Gasteiger charge is -2.04. The van der Waals surface area contributed by atoms with E-state index in [2.05, 4.69) is 15.0 Å². The molecule has 0 atom stereocenters. The summed E-state index contributed by atoms with van der Waals surface area (Å²) in [4.78, 5) is 22.5. The molecule has 0 saturated carbocycles. The standard InChI is InChI=1S/C14H11N3O2/c1-8-13(18)16-12(17-14(8)19)10-4-5-11-9(7-10)3-2-6-15-11/h2-7H,1H3,(H2,16,17,18,19). The van der Waals surface area contributed by atoms with Gasteiger partial charge in [0, 0.05) is 17.1 Å². The van der Waals surface area contributed by atoms with E-state index in [1.165, 1.54) is 6.92 Å². The van der Waals surface area contributed by atoms with Crippen LogP contribution in [0.5, 0.6) is 5.88 Å². The zero-order valence-electron chi connectivity index (χ0n) is 10.2. The third kappa shape index (κ3) is 1.95. The van der Waals surface area contributed by atoms with Gasteiger partial charge in [0.05, 0.1) is 11.1 Å². The average molecular weight is 253 g/mol. The number of aromatic hydroxyl groups is 1. The number of pyridine rings is 1. The van der Waals surface area contributed by atoms with Crippen molar-refractivity contribution in [2.24, 2.45) is 0 Å². The zero-order chi connectivity index (χ0) is 13.4. The van der Waals surface area contributed by atoms with E-state index >= 15 is 0 Å². The highest BCUT2D eigenvalue weighted by molar-refractivity contribution is 5.83. The Hall–Kier alpha value is -2.69. The van der Waals surface area contributed by atoms with Crippen LogP contribution in [0.1, 0.15) is 5.56 Å². The molecule has 0 bridgehead atoms. The predicted octanol–water partition coefficient (Wildman–Crippen LogP) is 2.00. The number of aromatic amines is 1. The second kappa shape index (κ2) is 4.20. The Morgan fingerprint density at radius 2 is 2.11 bits per heavy atom. The summed E-state index contributed by atoms with van der Waals surface area (Å²) < 4.78 is 0. The molecule has 0 aliphatic rings. The number of nitrogens with one attached hydrogen (secondary N) is 1. The molecule has 94 valence electrons. The van der Waals surface area contributed by atoms with E-state index in [0.29, 0.717) is 5.82 Å². The average Bonchev–Trinajstić information content (AvgIpc) is 2.43. The molecule has 0 fully saturated rings. The first-order valence-corrected chi connectivity index (χ1v) is 5.80. The summed E-state index contributed by atoms with van der Waals surface area (Å²) in [5.41, 5.74) is 1.47. The normalized spacial score (nSPS) is 10.8. The molecule has 0 saturated heterocycles. The summed E-state index contributed by atoms with van der Waals surface area (Å²) in [6, 6.07) is 9.30. The molecular weight excluding hydrogens is 242 g/mol. The number of aromatic nitrogens is 3. The van der Waals surface area contributed by atoms with Gasteiger partial charge in [-0.15, -0.1) is 0 Å². The minimum Gasteiger partial charge on any atom is -0.493 e. The Bertz CT molecular complexity index is 824. The Kier molecular flexibility index (Phi) is 2.52. The predicted molar refractivity (Wildman–Crippen MR) is 72.0 cm³/mol. The van der Waals surface area contributed by atoms with Crippen molar-refractivity contribution in [2.75, 3.05) is 0 Å². The van der Waals surface area contributed by atoms with Crippen LogP contribution in [0.2, 0.25) is 0 Å². The molecule has 5 nitrogen and oxygen atoms in total. The number of hydrogen-bond donors (Lipinski definition) is 2. The summed E-state index contributed by atoms with van der Waals surface area (Å²) in [6.45, 7) is 1.52. The molecule has 2 aromatic heterocycles. The Morgan fingerprint density at radius 3 is 2.89 bits per heavy atom. The van der Waals surface area contributed by atoms with Gasteiger partial charge in [0.2, 0.25) is 5.88 Å². The highest BCUT2D eigenvalue weighted by atomic mass is 16.3. The van der Waals surface area contributed by atoms with Crippen molar-refractivity contribution in [2.45, 2.75) is 6.92 Å². The SMILES string of the molecule is Cc1c(O)nc(-c2ccc3ncccc3c2)[nH]c1=O. The maximum Gasteiger partial charge on any atom is 0.257 e. The van der Waals surface area contributed by atoms with Gasteiger partial charge in [-0.3, -0.25) is 9.78 Å². The fourth-order valence-corrected chi connectivity index (χ4v) is 1.88. The smallest absolute Gasteiger partial charge is 0.257 e. The van der Waals surface area contributed by atoms with Gasteiger partial charge in [0.15, 0.2) is 0 Å². The second-order valence-electron chi connectivity index (χ2n) is 4.27. The molecule has 0 aliphatic carbocycles. The second-order valence-corrected chi connectivity index (χ2v) is 4.27. The Balaban J connectivity index is 2.22. The van der Waals surface area contributed by atoms with Gasteiger partial charge in [-0.2, -0.15) is 4.98 Å². The number of rotatable bonds is 1. The quantitative estimate of drug-likeness (QED) is 0.695. The number of nitrogens with zero attached hydrogens (tertiary/aromatic N) is 2. The van der Waals surface area contributed by atoms with Crippen LogP contribution in [0.15, 0.2) is 41.3 Å². The lowest BCUT2D eigenvalue weighted by Crippen LogP contribution is -2.12. The van der Waals surface area contributed by atoms with Crippen molar-refractivity contribution >= 4 is 10.9 Å². The van der Waals surface area contributed by atoms with Gasteiger partial charge in [0.1, 0.15) is 5.82 Å². The summed E-state index contributed by atoms with van der Waals surface area (Å²) in [5.74, 6) is 0.101. The van der Waals surface area contributed by atoms with Gasteiger partial charge in [-0.1, -0.05) is 6.07 Å². The maximum atomic E-state index is 11.6. The highest BCUT2D eigenvalue weighted by Crippen LogP contribution is 2.21. The molecule has 0 radical (unpaired) electrons. The van der Waals surface area contributed by atoms with Crippen LogP contribution in [0.25, 0.3) is 22.3 Å². The van der Waals surface area contributed by atoms with E-state index in [1.807, 2.05) is 30.3 Å². The molecule has 0 unspecified atom stereocenters. The molecule has 0 aliphatic heterocycles. The van der Waals surface area contributed by atoms with Gasteiger partial charge in [-0.05, 0) is 31.2 Å². The molecule has 3 aromatic rings. The Morgan fingerprint density at radius 1 is 1.26 bits per heavy atom. The maximum absolute atomic E-state index is 11.6. The van der Waals surface area contributed by atoms with Crippen molar-refractivity contribution in [3.05, 3.63) is 52.4 Å². The minimum absolute atomic E-state index is 0.214. The van der Waals surface area contributed by atoms with Crippen LogP contribution in [0.4, 0.5) is 0 Å². The third-order valence-electron chi connectivity index (χ3n) is 3.00. The molecule has 0 amide bonds. The summed E-state index contributed by atoms with van der Waals surface area (Å²) in [5, 5.41) is 10.6. The fourth-order valence-electron chi connectivity index (χ4n) is 1.88. The van der Waals surface area contributed by atoms with Gasteiger partial charge in [0.25, 0.3) is 5.56 Å². The molecule has 5 heteroatoms. The van der Waals surface area contributed by atoms with Crippen LogP contribution in [0, 0.1) is 6.92 Å². The van der Waals surface area contributed by atoms with Crippen molar-refractivity contribution in [3.63, 3.8) is 0 Å². The largest absolute Gasteiger partial charge is 0.493 e. The number of H-pyrrole nitrogens is 1. The van der Waals surface area contributed by atoms with Crippen LogP contribution >= 0.6 is 0 Å². The molecule has 3 rings (SSSR count). The van der Waals surface area contributed by atoms with E-state index in [4.69, 9.17) is 0 Å². The Labute approximate surface area is 108 Å². The van der Waals surface area contributed by atoms with Crippen molar-refractivity contribution < 1.29 is 5.11 Å². The first-order valence-electron chi connectivity index (χ1n) is 5.80. The van der Waals surface area contributed by atoms with Gasteiger partial charge < -0.3 is 10.1 Å². The van der Waals surface area contributed by atoms with E-state index in [9.17, 15) is 9.90 Å². The minimum atomic E-state index is -0.339. The van der Waals surface area contributed by atoms with Crippen molar-refractivity contribution in [1.82, 2.24) is 15.0 Å². The molecule has 0 spiro atoms. The van der Waals surface area contributed by atoms with E-state index in [1.54, 1.807) is 6.20 Å². The topological polar surface area (TPSA) is 78.9 Å². The fraction of sp³-hybridized carbons (Fsp3) is 0.0714. The molecule has 2 N–H and O–H groups in total. The van der Waals surface area contributed by atoms with E-state index < -0.39 is 0 Å². The molecular formula is C14H11N3O2. The van der Waals surface area contributed by atoms with Crippen LogP contribution < -0.4 is 5.56 Å². The highest BCUT2D eigenvalue weighted by Gasteiger charge is 2.08. The lowest BCUT2D eigenvalue weighted by atomic mass is 10.1. The van der Waals surface area contributed by atoms with Crippen molar-refractivity contribution in [1.29, 1.82) is 0 Å². The number of hydrogen-bond acceptors (Lipinski definition) is 4. The van der Waals surface area contributed by atoms with Gasteiger partial charge in [-0.25, -0.2) is 0 Å². The number of benzene rings is 1. The first kappa shape index (κ1) is 11.4. The summed E-state index contributed by atoms with van der Waals surface area (Å²) in [6.07, 6.45) is 1.72. The molecule has 19 heavy (non-hydrogen) atoms. The third-order valence-corrected chi connectivity index (χ3v) is 3.00. The number of fused-ring (bicyclic) bond motifs is 1. The van der Waals surface area contributed by atoms with Crippen LogP contribution in [0.3, 0.4) is 0 Å².